The number of esters is 1. The van der Waals surface area contributed by atoms with Crippen molar-refractivity contribution in [2.45, 2.75) is 58.2 Å². The van der Waals surface area contributed by atoms with Crippen LogP contribution in [-0.4, -0.2) is 17.6 Å². The van der Waals surface area contributed by atoms with Gasteiger partial charge in [-0.25, -0.2) is 0 Å². The lowest BCUT2D eigenvalue weighted by Crippen LogP contribution is -2.48. The van der Waals surface area contributed by atoms with Gasteiger partial charge in [-0.2, -0.15) is 0 Å². The van der Waals surface area contributed by atoms with Crippen molar-refractivity contribution in [1.82, 2.24) is 5.32 Å². The van der Waals surface area contributed by atoms with Crippen LogP contribution in [-0.2, 0) is 16.0 Å². The second kappa shape index (κ2) is 5.97. The van der Waals surface area contributed by atoms with Gasteiger partial charge < -0.3 is 10.1 Å². The summed E-state index contributed by atoms with van der Waals surface area (Å²) in [4.78, 5) is 12.1. The van der Waals surface area contributed by atoms with Gasteiger partial charge in [0.05, 0.1) is 12.5 Å². The van der Waals surface area contributed by atoms with Crippen LogP contribution in [0.15, 0.2) is 36.4 Å². The zero-order chi connectivity index (χ0) is 16.6. The molecule has 2 aromatic carbocycles. The van der Waals surface area contributed by atoms with Crippen LogP contribution in [0.2, 0.25) is 0 Å². The van der Waals surface area contributed by atoms with Crippen LogP contribution in [0.5, 0.6) is 0 Å². The van der Waals surface area contributed by atoms with Gasteiger partial charge in [0, 0.05) is 11.6 Å². The highest BCUT2D eigenvalue weighted by atomic mass is 16.5. The number of hydrogen-bond acceptors (Lipinski definition) is 3. The minimum Gasteiger partial charge on any atom is -0.463 e. The molecule has 2 aromatic rings. The highest BCUT2D eigenvalue weighted by molar-refractivity contribution is 5.87. The molecule has 1 unspecified atom stereocenters. The van der Waals surface area contributed by atoms with E-state index < -0.39 is 0 Å². The van der Waals surface area contributed by atoms with E-state index in [4.69, 9.17) is 4.74 Å². The zero-order valence-corrected chi connectivity index (χ0v) is 14.3. The van der Waals surface area contributed by atoms with Gasteiger partial charge in [-0.1, -0.05) is 36.4 Å². The molecule has 0 amide bonds. The number of ether oxygens (including phenoxy) is 1. The third kappa shape index (κ3) is 3.40. The van der Waals surface area contributed by atoms with Crippen molar-refractivity contribution in [2.24, 2.45) is 0 Å². The van der Waals surface area contributed by atoms with Gasteiger partial charge in [0.1, 0.15) is 0 Å². The standard InChI is InChI=1S/C20H25NO2/c1-13(2)23-19(22)11-18-16-10-9-14-7-5-6-8-15(14)17(16)12-20(3,4)21-18/h5-10,13,18,21H,11-12H2,1-4H3. The molecule has 3 rings (SSSR count). The molecule has 1 aliphatic rings. The van der Waals surface area contributed by atoms with Gasteiger partial charge in [-0.15, -0.1) is 0 Å². The van der Waals surface area contributed by atoms with E-state index in [0.29, 0.717) is 6.42 Å². The van der Waals surface area contributed by atoms with Gasteiger partial charge in [0.15, 0.2) is 0 Å². The molecule has 1 atom stereocenters. The monoisotopic (exact) mass is 311 g/mol. The van der Waals surface area contributed by atoms with Crippen LogP contribution in [0.4, 0.5) is 0 Å². The largest absolute Gasteiger partial charge is 0.463 e. The van der Waals surface area contributed by atoms with Crippen molar-refractivity contribution in [3.8, 4) is 0 Å². The molecule has 0 bridgehead atoms. The lowest BCUT2D eigenvalue weighted by Gasteiger charge is -2.39. The van der Waals surface area contributed by atoms with E-state index in [1.807, 2.05) is 13.8 Å². The summed E-state index contributed by atoms with van der Waals surface area (Å²) in [6.07, 6.45) is 1.25. The Labute approximate surface area is 138 Å². The van der Waals surface area contributed by atoms with E-state index >= 15 is 0 Å². The SMILES string of the molecule is CC(C)OC(=O)CC1NC(C)(C)Cc2c1ccc1ccccc21. The number of carbonyl (C=O) groups is 1. The normalized spacial score (nSPS) is 19.6. The Morgan fingerprint density at radius 2 is 2.00 bits per heavy atom. The van der Waals surface area contributed by atoms with Crippen LogP contribution < -0.4 is 5.32 Å². The molecular formula is C20H25NO2. The van der Waals surface area contributed by atoms with E-state index in [1.165, 1.54) is 21.9 Å². The van der Waals surface area contributed by atoms with E-state index in [1.54, 1.807) is 0 Å². The Morgan fingerprint density at radius 3 is 2.74 bits per heavy atom. The molecule has 0 saturated carbocycles. The van der Waals surface area contributed by atoms with Crippen molar-refractivity contribution >= 4 is 16.7 Å². The summed E-state index contributed by atoms with van der Waals surface area (Å²) in [6.45, 7) is 8.16. The number of nitrogens with one attached hydrogen (secondary N) is 1. The molecule has 0 aliphatic carbocycles. The van der Waals surface area contributed by atoms with Crippen LogP contribution in [0.3, 0.4) is 0 Å². The summed E-state index contributed by atoms with van der Waals surface area (Å²) in [5.41, 5.74) is 2.54. The minimum atomic E-state index is -0.144. The third-order valence-electron chi connectivity index (χ3n) is 4.37. The highest BCUT2D eigenvalue weighted by Gasteiger charge is 2.33. The Morgan fingerprint density at radius 1 is 1.26 bits per heavy atom. The maximum absolute atomic E-state index is 12.1. The summed E-state index contributed by atoms with van der Waals surface area (Å²) in [5.74, 6) is -0.144. The predicted molar refractivity (Wildman–Crippen MR) is 93.5 cm³/mol. The van der Waals surface area contributed by atoms with Crippen LogP contribution >= 0.6 is 0 Å². The summed E-state index contributed by atoms with van der Waals surface area (Å²) >= 11 is 0. The molecule has 3 nitrogen and oxygen atoms in total. The first-order chi connectivity index (χ1) is 10.9. The first-order valence-corrected chi connectivity index (χ1v) is 8.33. The van der Waals surface area contributed by atoms with Crippen molar-refractivity contribution in [2.75, 3.05) is 0 Å². The summed E-state index contributed by atoms with van der Waals surface area (Å²) in [5, 5.41) is 6.17. The second-order valence-corrected chi connectivity index (χ2v) is 7.35. The van der Waals surface area contributed by atoms with E-state index in [0.717, 1.165) is 6.42 Å². The first-order valence-electron chi connectivity index (χ1n) is 8.33. The molecule has 0 spiro atoms. The topological polar surface area (TPSA) is 38.3 Å². The summed E-state index contributed by atoms with van der Waals surface area (Å²) in [6, 6.07) is 12.8. The molecule has 1 N–H and O–H groups in total. The second-order valence-electron chi connectivity index (χ2n) is 7.35. The smallest absolute Gasteiger partial charge is 0.307 e. The Bertz CT molecular complexity index is 733. The molecule has 1 heterocycles. The lowest BCUT2D eigenvalue weighted by atomic mass is 9.80. The maximum atomic E-state index is 12.1. The van der Waals surface area contributed by atoms with Crippen LogP contribution in [0, 0.1) is 0 Å². The molecule has 1 aliphatic heterocycles. The van der Waals surface area contributed by atoms with Crippen molar-refractivity contribution in [3.63, 3.8) is 0 Å². The van der Waals surface area contributed by atoms with E-state index in [-0.39, 0.29) is 23.7 Å². The van der Waals surface area contributed by atoms with Crippen LogP contribution in [0.25, 0.3) is 10.8 Å². The lowest BCUT2D eigenvalue weighted by molar-refractivity contribution is -0.148. The fourth-order valence-corrected chi connectivity index (χ4v) is 3.56. The molecule has 122 valence electrons. The highest BCUT2D eigenvalue weighted by Crippen LogP contribution is 2.36. The van der Waals surface area contributed by atoms with E-state index in [9.17, 15) is 4.79 Å². The summed E-state index contributed by atoms with van der Waals surface area (Å²) < 4.78 is 5.34. The quantitative estimate of drug-likeness (QED) is 0.866. The number of fused-ring (bicyclic) bond motifs is 3. The van der Waals surface area contributed by atoms with Gasteiger partial charge in [0.25, 0.3) is 0 Å². The summed E-state index contributed by atoms with van der Waals surface area (Å²) in [7, 11) is 0. The average molecular weight is 311 g/mol. The molecule has 23 heavy (non-hydrogen) atoms. The number of hydrogen-bond donors (Lipinski definition) is 1. The molecule has 0 fully saturated rings. The number of carbonyl (C=O) groups excluding carboxylic acids is 1. The first kappa shape index (κ1) is 16.0. The molecule has 3 heteroatoms. The zero-order valence-electron chi connectivity index (χ0n) is 14.3. The Hall–Kier alpha value is -1.87. The minimum absolute atomic E-state index is 0.00426. The van der Waals surface area contributed by atoms with Gasteiger partial charge in [0.2, 0.25) is 0 Å². The maximum Gasteiger partial charge on any atom is 0.307 e. The fraction of sp³-hybridized carbons (Fsp3) is 0.450. The molecule has 0 aromatic heterocycles. The van der Waals surface area contributed by atoms with Crippen molar-refractivity contribution < 1.29 is 9.53 Å². The number of rotatable bonds is 3. The third-order valence-corrected chi connectivity index (χ3v) is 4.37. The van der Waals surface area contributed by atoms with Crippen molar-refractivity contribution in [1.29, 1.82) is 0 Å². The average Bonchev–Trinajstić information content (AvgIpc) is 2.45. The van der Waals surface area contributed by atoms with Gasteiger partial charge >= 0.3 is 5.97 Å². The van der Waals surface area contributed by atoms with Gasteiger partial charge in [-0.05, 0) is 56.0 Å². The number of benzene rings is 2. The molecular weight excluding hydrogens is 286 g/mol. The Kier molecular flexibility index (Phi) is 4.15. The fourth-order valence-electron chi connectivity index (χ4n) is 3.56. The van der Waals surface area contributed by atoms with Crippen molar-refractivity contribution in [3.05, 3.63) is 47.5 Å². The molecule has 0 saturated heterocycles. The Balaban J connectivity index is 2.00. The molecule has 0 radical (unpaired) electrons. The van der Waals surface area contributed by atoms with E-state index in [2.05, 4.69) is 55.6 Å². The van der Waals surface area contributed by atoms with Crippen LogP contribution in [0.1, 0.15) is 51.3 Å². The van der Waals surface area contributed by atoms with Gasteiger partial charge in [-0.3, -0.25) is 4.79 Å². The predicted octanol–water partition coefficient (Wildman–Crippen LogP) is 4.15.